The second-order valence-corrected chi connectivity index (χ2v) is 4.81. The van der Waals surface area contributed by atoms with Gasteiger partial charge < -0.3 is 10.4 Å². The standard InChI is InChI=1S/C11H13BrN2O3/c1-6(2)9(11(16)17)14-10(15)8-4-3-7(12)5-13-8/h3-6,9H,1-2H3,(H,14,15)(H,16,17)/t9-/m1/s1. The molecule has 1 amide bonds. The zero-order chi connectivity index (χ0) is 13.0. The Kier molecular flexibility index (Phi) is 4.62. The summed E-state index contributed by atoms with van der Waals surface area (Å²) in [6.07, 6.45) is 1.49. The van der Waals surface area contributed by atoms with E-state index in [1.165, 1.54) is 12.3 Å². The van der Waals surface area contributed by atoms with Crippen LogP contribution in [0.1, 0.15) is 24.3 Å². The van der Waals surface area contributed by atoms with E-state index in [1.54, 1.807) is 19.9 Å². The lowest BCUT2D eigenvalue weighted by molar-refractivity contribution is -0.140. The van der Waals surface area contributed by atoms with Gasteiger partial charge in [0.25, 0.3) is 5.91 Å². The highest BCUT2D eigenvalue weighted by molar-refractivity contribution is 9.10. The number of pyridine rings is 1. The molecule has 0 aliphatic carbocycles. The van der Waals surface area contributed by atoms with Crippen molar-refractivity contribution in [2.24, 2.45) is 5.92 Å². The maximum atomic E-state index is 11.7. The average Bonchev–Trinajstić information content (AvgIpc) is 2.25. The molecule has 1 aromatic rings. The maximum absolute atomic E-state index is 11.7. The monoisotopic (exact) mass is 300 g/mol. The normalized spacial score (nSPS) is 12.2. The van der Waals surface area contributed by atoms with E-state index in [0.717, 1.165) is 4.47 Å². The Balaban J connectivity index is 2.77. The lowest BCUT2D eigenvalue weighted by Gasteiger charge is -2.17. The molecule has 0 saturated heterocycles. The molecule has 0 bridgehead atoms. The third kappa shape index (κ3) is 3.81. The summed E-state index contributed by atoms with van der Waals surface area (Å²) < 4.78 is 0.757. The molecule has 2 N–H and O–H groups in total. The third-order valence-corrected chi connectivity index (χ3v) is 2.65. The highest BCUT2D eigenvalue weighted by Gasteiger charge is 2.24. The fourth-order valence-electron chi connectivity index (χ4n) is 1.24. The molecule has 5 nitrogen and oxygen atoms in total. The third-order valence-electron chi connectivity index (χ3n) is 2.18. The van der Waals surface area contributed by atoms with Crippen LogP contribution in [0.15, 0.2) is 22.8 Å². The quantitative estimate of drug-likeness (QED) is 0.887. The minimum atomic E-state index is -1.05. The number of carbonyl (C=O) groups is 2. The van der Waals surface area contributed by atoms with Gasteiger partial charge in [-0.25, -0.2) is 9.78 Å². The Bertz CT molecular complexity index is 417. The maximum Gasteiger partial charge on any atom is 0.326 e. The summed E-state index contributed by atoms with van der Waals surface area (Å²) in [5.74, 6) is -1.73. The van der Waals surface area contributed by atoms with Crippen molar-refractivity contribution < 1.29 is 14.7 Å². The Labute approximate surface area is 107 Å². The van der Waals surface area contributed by atoms with Crippen molar-refractivity contribution in [3.05, 3.63) is 28.5 Å². The van der Waals surface area contributed by atoms with Crippen LogP contribution in [0.2, 0.25) is 0 Å². The van der Waals surface area contributed by atoms with Gasteiger partial charge in [-0.1, -0.05) is 13.8 Å². The molecule has 0 unspecified atom stereocenters. The number of aromatic nitrogens is 1. The van der Waals surface area contributed by atoms with Crippen molar-refractivity contribution >= 4 is 27.8 Å². The van der Waals surface area contributed by atoms with E-state index in [9.17, 15) is 9.59 Å². The molecule has 0 fully saturated rings. The molecule has 0 aliphatic heterocycles. The van der Waals surface area contributed by atoms with Gasteiger partial charge in [0.05, 0.1) is 0 Å². The zero-order valence-electron chi connectivity index (χ0n) is 9.48. The van der Waals surface area contributed by atoms with E-state index in [-0.39, 0.29) is 11.6 Å². The zero-order valence-corrected chi connectivity index (χ0v) is 11.1. The van der Waals surface area contributed by atoms with Crippen molar-refractivity contribution in [1.29, 1.82) is 0 Å². The summed E-state index contributed by atoms with van der Waals surface area (Å²) >= 11 is 3.20. The van der Waals surface area contributed by atoms with Crippen LogP contribution >= 0.6 is 15.9 Å². The lowest BCUT2D eigenvalue weighted by Crippen LogP contribution is -2.44. The number of carboxylic acids is 1. The van der Waals surface area contributed by atoms with Crippen LogP contribution in [0.3, 0.4) is 0 Å². The molecule has 0 aromatic carbocycles. The molecule has 1 aromatic heterocycles. The van der Waals surface area contributed by atoms with Crippen LogP contribution in [0.4, 0.5) is 0 Å². The van der Waals surface area contributed by atoms with Gasteiger partial charge in [0.1, 0.15) is 11.7 Å². The van der Waals surface area contributed by atoms with E-state index in [0.29, 0.717) is 0 Å². The fourth-order valence-corrected chi connectivity index (χ4v) is 1.47. The number of carbonyl (C=O) groups excluding carboxylic acids is 1. The second kappa shape index (κ2) is 5.77. The van der Waals surface area contributed by atoms with Crippen LogP contribution in [0.25, 0.3) is 0 Å². The van der Waals surface area contributed by atoms with E-state index in [4.69, 9.17) is 5.11 Å². The number of rotatable bonds is 4. The van der Waals surface area contributed by atoms with E-state index in [1.807, 2.05) is 0 Å². The molecule has 0 radical (unpaired) electrons. The second-order valence-electron chi connectivity index (χ2n) is 3.90. The predicted molar refractivity (Wildman–Crippen MR) is 65.7 cm³/mol. The van der Waals surface area contributed by atoms with Gasteiger partial charge in [-0.15, -0.1) is 0 Å². The van der Waals surface area contributed by atoms with E-state index < -0.39 is 17.9 Å². The van der Waals surface area contributed by atoms with Crippen LogP contribution in [0, 0.1) is 5.92 Å². The number of carboxylic acid groups (broad SMARTS) is 1. The number of halogens is 1. The Morgan fingerprint density at radius 2 is 2.06 bits per heavy atom. The van der Waals surface area contributed by atoms with Crippen LogP contribution in [-0.2, 0) is 4.79 Å². The summed E-state index contributed by atoms with van der Waals surface area (Å²) in [5, 5.41) is 11.4. The molecule has 1 rings (SSSR count). The van der Waals surface area contributed by atoms with Gasteiger partial charge in [-0.2, -0.15) is 0 Å². The molecule has 0 aliphatic rings. The minimum absolute atomic E-state index is 0.188. The van der Waals surface area contributed by atoms with Crippen molar-refractivity contribution in [3.63, 3.8) is 0 Å². The smallest absolute Gasteiger partial charge is 0.326 e. The number of nitrogens with one attached hydrogen (secondary N) is 1. The summed E-state index contributed by atoms with van der Waals surface area (Å²) in [6.45, 7) is 3.46. The van der Waals surface area contributed by atoms with Crippen molar-refractivity contribution in [3.8, 4) is 0 Å². The molecular formula is C11H13BrN2O3. The first-order valence-corrected chi connectivity index (χ1v) is 5.86. The average molecular weight is 301 g/mol. The number of hydrogen-bond acceptors (Lipinski definition) is 3. The molecule has 17 heavy (non-hydrogen) atoms. The van der Waals surface area contributed by atoms with Gasteiger partial charge >= 0.3 is 5.97 Å². The summed E-state index contributed by atoms with van der Waals surface area (Å²) in [5.41, 5.74) is 0.195. The first-order valence-electron chi connectivity index (χ1n) is 5.07. The van der Waals surface area contributed by atoms with E-state index >= 15 is 0 Å². The number of amides is 1. The number of aliphatic carboxylic acids is 1. The predicted octanol–water partition coefficient (Wildman–Crippen LogP) is 1.68. The van der Waals surface area contributed by atoms with Crippen LogP contribution in [-0.4, -0.2) is 28.0 Å². The first kappa shape index (κ1) is 13.6. The van der Waals surface area contributed by atoms with Crippen molar-refractivity contribution in [1.82, 2.24) is 10.3 Å². The minimum Gasteiger partial charge on any atom is -0.480 e. The number of hydrogen-bond donors (Lipinski definition) is 2. The van der Waals surface area contributed by atoms with Gasteiger partial charge in [0.15, 0.2) is 0 Å². The largest absolute Gasteiger partial charge is 0.480 e. The van der Waals surface area contributed by atoms with Crippen molar-refractivity contribution in [2.45, 2.75) is 19.9 Å². The molecule has 92 valence electrons. The first-order chi connectivity index (χ1) is 7.91. The fraction of sp³-hybridized carbons (Fsp3) is 0.364. The number of nitrogens with zero attached hydrogens (tertiary/aromatic N) is 1. The molecule has 6 heteroatoms. The molecule has 1 heterocycles. The van der Waals surface area contributed by atoms with E-state index in [2.05, 4.69) is 26.2 Å². The molecular weight excluding hydrogens is 288 g/mol. The molecule has 1 atom stereocenters. The summed E-state index contributed by atoms with van der Waals surface area (Å²) in [7, 11) is 0. The van der Waals surface area contributed by atoms with Gasteiger partial charge in [0.2, 0.25) is 0 Å². The Morgan fingerprint density at radius 1 is 1.41 bits per heavy atom. The Hall–Kier alpha value is -1.43. The topological polar surface area (TPSA) is 79.3 Å². The van der Waals surface area contributed by atoms with Crippen LogP contribution in [0.5, 0.6) is 0 Å². The van der Waals surface area contributed by atoms with Gasteiger partial charge in [-0.3, -0.25) is 4.79 Å². The molecule has 0 spiro atoms. The summed E-state index contributed by atoms with van der Waals surface area (Å²) in [6, 6.07) is 2.29. The SMILES string of the molecule is CC(C)[C@@H](NC(=O)c1ccc(Br)cn1)C(=O)O. The van der Waals surface area contributed by atoms with Crippen molar-refractivity contribution in [2.75, 3.05) is 0 Å². The Morgan fingerprint density at radius 3 is 2.47 bits per heavy atom. The van der Waals surface area contributed by atoms with Gasteiger partial charge in [0, 0.05) is 10.7 Å². The lowest BCUT2D eigenvalue weighted by atomic mass is 10.0. The molecule has 0 saturated carbocycles. The summed E-state index contributed by atoms with van der Waals surface area (Å²) in [4.78, 5) is 26.5. The van der Waals surface area contributed by atoms with Crippen LogP contribution < -0.4 is 5.32 Å². The highest BCUT2D eigenvalue weighted by Crippen LogP contribution is 2.08. The highest BCUT2D eigenvalue weighted by atomic mass is 79.9. The van der Waals surface area contributed by atoms with Gasteiger partial charge in [-0.05, 0) is 34.0 Å².